The van der Waals surface area contributed by atoms with Crippen LogP contribution in [0.1, 0.15) is 52.2 Å². The van der Waals surface area contributed by atoms with Crippen molar-refractivity contribution in [2.75, 3.05) is 0 Å². The molecule has 0 unspecified atom stereocenters. The first-order valence-corrected chi connectivity index (χ1v) is 6.99. The Balaban J connectivity index is 3.41. The molecule has 1 aromatic carbocycles. The summed E-state index contributed by atoms with van der Waals surface area (Å²) in [6.07, 6.45) is 1.03. The van der Waals surface area contributed by atoms with Crippen molar-refractivity contribution < 1.29 is 0 Å². The highest BCUT2D eigenvalue weighted by molar-refractivity contribution is 5.73. The molecule has 0 amide bonds. The lowest BCUT2D eigenvalue weighted by Gasteiger charge is -2.17. The van der Waals surface area contributed by atoms with E-state index in [9.17, 15) is 0 Å². The number of hydrogen-bond donors (Lipinski definition) is 0. The maximum absolute atomic E-state index is 4.14. The zero-order valence-corrected chi connectivity index (χ0v) is 13.2. The molecule has 0 aliphatic rings. The summed E-state index contributed by atoms with van der Waals surface area (Å²) in [7, 11) is 0. The zero-order valence-electron chi connectivity index (χ0n) is 13.2. The normalized spacial score (nSPS) is 11.9. The van der Waals surface area contributed by atoms with Crippen LogP contribution < -0.4 is 0 Å². The lowest BCUT2D eigenvalue weighted by atomic mass is 9.88. The molecule has 1 aromatic rings. The van der Waals surface area contributed by atoms with Crippen LogP contribution in [0.25, 0.3) is 5.57 Å². The molecule has 0 spiro atoms. The second kappa shape index (κ2) is 6.56. The van der Waals surface area contributed by atoms with Gasteiger partial charge in [-0.15, -0.1) is 0 Å². The second-order valence-corrected chi connectivity index (χ2v) is 5.48. The van der Waals surface area contributed by atoms with Gasteiger partial charge in [-0.05, 0) is 63.3 Å². The first-order chi connectivity index (χ1) is 8.88. The Morgan fingerprint density at radius 1 is 1.00 bits per heavy atom. The topological polar surface area (TPSA) is 0 Å². The quantitative estimate of drug-likeness (QED) is 0.570. The molecule has 0 saturated heterocycles. The Labute approximate surface area is 118 Å². The third-order valence-corrected chi connectivity index (χ3v) is 3.52. The predicted octanol–water partition coefficient (Wildman–Crippen LogP) is 6.09. The molecule has 0 radical (unpaired) electrons. The van der Waals surface area contributed by atoms with Crippen molar-refractivity contribution in [1.29, 1.82) is 0 Å². The van der Waals surface area contributed by atoms with Crippen LogP contribution in [0.3, 0.4) is 0 Å². The third kappa shape index (κ3) is 3.70. The molecular formula is C19H26. The maximum atomic E-state index is 4.14. The van der Waals surface area contributed by atoms with Crippen molar-refractivity contribution in [2.45, 2.75) is 48.0 Å². The van der Waals surface area contributed by atoms with Crippen molar-refractivity contribution in [3.8, 4) is 0 Å². The molecule has 0 atom stereocenters. The molecule has 19 heavy (non-hydrogen) atoms. The van der Waals surface area contributed by atoms with Gasteiger partial charge in [-0.25, -0.2) is 0 Å². The van der Waals surface area contributed by atoms with E-state index in [0.29, 0.717) is 0 Å². The van der Waals surface area contributed by atoms with Crippen LogP contribution in [0.15, 0.2) is 53.1 Å². The van der Waals surface area contributed by atoms with E-state index in [4.69, 9.17) is 0 Å². The van der Waals surface area contributed by atoms with E-state index in [1.807, 2.05) is 0 Å². The number of hydrogen-bond acceptors (Lipinski definition) is 0. The first kappa shape index (κ1) is 15.5. The van der Waals surface area contributed by atoms with Crippen LogP contribution in [0.5, 0.6) is 0 Å². The Morgan fingerprint density at radius 2 is 1.53 bits per heavy atom. The third-order valence-electron chi connectivity index (χ3n) is 3.52. The van der Waals surface area contributed by atoms with Gasteiger partial charge in [0.05, 0.1) is 0 Å². The molecular weight excluding hydrogens is 228 g/mol. The number of rotatable bonds is 4. The molecule has 0 saturated carbocycles. The van der Waals surface area contributed by atoms with E-state index in [0.717, 1.165) is 12.0 Å². The summed E-state index contributed by atoms with van der Waals surface area (Å²) in [5.74, 6) is 0. The van der Waals surface area contributed by atoms with Gasteiger partial charge in [0.15, 0.2) is 0 Å². The maximum Gasteiger partial charge on any atom is -0.0212 e. The molecule has 0 fully saturated rings. The highest BCUT2D eigenvalue weighted by Gasteiger charge is 2.11. The lowest BCUT2D eigenvalue weighted by Crippen LogP contribution is -1.97. The predicted molar refractivity (Wildman–Crippen MR) is 87.3 cm³/mol. The van der Waals surface area contributed by atoms with Gasteiger partial charge >= 0.3 is 0 Å². The lowest BCUT2D eigenvalue weighted by molar-refractivity contribution is 1.08. The second-order valence-electron chi connectivity index (χ2n) is 5.48. The van der Waals surface area contributed by atoms with Crippen molar-refractivity contribution >= 4 is 5.57 Å². The molecule has 0 aromatic heterocycles. The summed E-state index contributed by atoms with van der Waals surface area (Å²) in [5.41, 5.74) is 9.22. The molecule has 0 heteroatoms. The Morgan fingerprint density at radius 3 is 1.89 bits per heavy atom. The molecule has 0 aliphatic carbocycles. The van der Waals surface area contributed by atoms with E-state index in [1.54, 1.807) is 0 Å². The van der Waals surface area contributed by atoms with Crippen molar-refractivity contribution in [3.05, 3.63) is 64.3 Å². The number of benzene rings is 1. The molecule has 0 N–H and O–H groups in total. The fourth-order valence-electron chi connectivity index (χ4n) is 2.59. The van der Waals surface area contributed by atoms with Crippen LogP contribution in [0, 0.1) is 6.92 Å². The van der Waals surface area contributed by atoms with Gasteiger partial charge in [-0.2, -0.15) is 0 Å². The zero-order chi connectivity index (χ0) is 14.6. The summed E-state index contributed by atoms with van der Waals surface area (Å²) in [5, 5.41) is 0. The van der Waals surface area contributed by atoms with Crippen LogP contribution in [0.4, 0.5) is 0 Å². The molecule has 0 heterocycles. The first-order valence-electron chi connectivity index (χ1n) is 6.99. The summed E-state index contributed by atoms with van der Waals surface area (Å²) in [6, 6.07) is 8.77. The van der Waals surface area contributed by atoms with Crippen molar-refractivity contribution in [2.24, 2.45) is 0 Å². The van der Waals surface area contributed by atoms with Crippen LogP contribution in [-0.2, 0) is 0 Å². The Hall–Kier alpha value is -1.56. The minimum absolute atomic E-state index is 1.03. The molecule has 0 nitrogen and oxygen atoms in total. The highest BCUT2D eigenvalue weighted by Crippen LogP contribution is 2.31. The van der Waals surface area contributed by atoms with Crippen molar-refractivity contribution in [3.63, 3.8) is 0 Å². The van der Waals surface area contributed by atoms with Crippen LogP contribution >= 0.6 is 0 Å². The summed E-state index contributed by atoms with van der Waals surface area (Å²) in [6.45, 7) is 17.1. The highest BCUT2D eigenvalue weighted by atomic mass is 14.2. The summed E-state index contributed by atoms with van der Waals surface area (Å²) >= 11 is 0. The fraction of sp³-hybridized carbons (Fsp3) is 0.368. The van der Waals surface area contributed by atoms with E-state index in [1.165, 1.54) is 33.4 Å². The van der Waals surface area contributed by atoms with Gasteiger partial charge in [0.2, 0.25) is 0 Å². The smallest absolute Gasteiger partial charge is 0.0212 e. The number of aryl methyl sites for hydroxylation is 1. The fourth-order valence-corrected chi connectivity index (χ4v) is 2.59. The van der Waals surface area contributed by atoms with Gasteiger partial charge in [0.25, 0.3) is 0 Å². The van der Waals surface area contributed by atoms with Gasteiger partial charge in [0, 0.05) is 0 Å². The average Bonchev–Trinajstić information content (AvgIpc) is 2.34. The summed E-state index contributed by atoms with van der Waals surface area (Å²) in [4.78, 5) is 0. The Bertz CT molecular complexity index is 518. The van der Waals surface area contributed by atoms with Gasteiger partial charge < -0.3 is 0 Å². The molecule has 102 valence electrons. The average molecular weight is 254 g/mol. The number of allylic oxidation sites excluding steroid dienone is 5. The van der Waals surface area contributed by atoms with Gasteiger partial charge in [-0.3, -0.25) is 0 Å². The largest absolute Gasteiger partial charge is 0.0955 e. The van der Waals surface area contributed by atoms with Crippen LogP contribution in [0.2, 0.25) is 0 Å². The minimum atomic E-state index is 1.03. The van der Waals surface area contributed by atoms with Crippen LogP contribution in [-0.4, -0.2) is 0 Å². The van der Waals surface area contributed by atoms with Crippen molar-refractivity contribution in [1.82, 2.24) is 0 Å². The molecule has 0 bridgehead atoms. The SMILES string of the molecule is C=C(C)C(=C(C)C)/C(CC)=C(\C)c1ccc(C)cc1. The van der Waals surface area contributed by atoms with Gasteiger partial charge in [-0.1, -0.05) is 54.5 Å². The Kier molecular flexibility index (Phi) is 5.35. The molecule has 1 rings (SSSR count). The van der Waals surface area contributed by atoms with E-state index < -0.39 is 0 Å². The minimum Gasteiger partial charge on any atom is -0.0955 e. The van der Waals surface area contributed by atoms with E-state index >= 15 is 0 Å². The standard InChI is InChI=1S/C19H26/c1-8-18(19(13(2)3)14(4)5)16(7)17-11-9-15(6)10-12-17/h9-12H,2,8H2,1,3-7H3/b18-16+. The monoisotopic (exact) mass is 254 g/mol. The summed E-state index contributed by atoms with van der Waals surface area (Å²) < 4.78 is 0. The van der Waals surface area contributed by atoms with E-state index in [-0.39, 0.29) is 0 Å². The molecule has 0 aliphatic heterocycles. The van der Waals surface area contributed by atoms with Gasteiger partial charge in [0.1, 0.15) is 0 Å². The van der Waals surface area contributed by atoms with E-state index in [2.05, 4.69) is 72.4 Å².